The van der Waals surface area contributed by atoms with Crippen molar-refractivity contribution in [1.29, 1.82) is 0 Å². The minimum Gasteiger partial charge on any atom is -0.399 e. The van der Waals surface area contributed by atoms with E-state index < -0.39 is 18.3 Å². The molecule has 4 heterocycles. The zero-order valence-electron chi connectivity index (χ0n) is 19.0. The Morgan fingerprint density at radius 3 is 2.42 bits per heavy atom. The standard InChI is InChI=1S/C22H31BN4O4/c1-21(2)22(3,4)31-23(30-21)17-12-18(20(28)26(5)15-17)25-19-7-6-16(13-24-19)14-27-8-10-29-11-9-27/h6-7,12-13,15H,8-11,14H2,1-5H3,(H,24,25). The van der Waals surface area contributed by atoms with E-state index in [0.717, 1.165) is 43.9 Å². The lowest BCUT2D eigenvalue weighted by molar-refractivity contribution is 0.00578. The lowest BCUT2D eigenvalue weighted by Gasteiger charge is -2.32. The van der Waals surface area contributed by atoms with Crippen molar-refractivity contribution in [3.8, 4) is 0 Å². The predicted octanol–water partition coefficient (Wildman–Crippen LogP) is 1.66. The largest absolute Gasteiger partial charge is 0.496 e. The minimum absolute atomic E-state index is 0.139. The third-order valence-corrected chi connectivity index (χ3v) is 6.33. The van der Waals surface area contributed by atoms with Gasteiger partial charge in [0.05, 0.1) is 24.4 Å². The molecule has 0 aliphatic carbocycles. The zero-order valence-corrected chi connectivity index (χ0v) is 19.0. The van der Waals surface area contributed by atoms with Crippen LogP contribution in [0.15, 0.2) is 35.4 Å². The number of nitrogens with zero attached hydrogens (tertiary/aromatic N) is 3. The molecule has 2 saturated heterocycles. The molecule has 31 heavy (non-hydrogen) atoms. The van der Waals surface area contributed by atoms with E-state index in [0.29, 0.717) is 11.5 Å². The summed E-state index contributed by atoms with van der Waals surface area (Å²) in [5, 5.41) is 3.16. The quantitative estimate of drug-likeness (QED) is 0.729. The second-order valence-corrected chi connectivity index (χ2v) is 9.26. The molecule has 0 atom stereocenters. The van der Waals surface area contributed by atoms with Crippen LogP contribution in [0.5, 0.6) is 0 Å². The first-order chi connectivity index (χ1) is 14.6. The molecule has 0 amide bonds. The Morgan fingerprint density at radius 2 is 1.81 bits per heavy atom. The van der Waals surface area contributed by atoms with Crippen molar-refractivity contribution < 1.29 is 14.0 Å². The number of hydrogen-bond acceptors (Lipinski definition) is 7. The van der Waals surface area contributed by atoms with Crippen molar-refractivity contribution in [2.45, 2.75) is 45.4 Å². The molecule has 8 nitrogen and oxygen atoms in total. The second kappa shape index (κ2) is 8.39. The minimum atomic E-state index is -0.541. The van der Waals surface area contributed by atoms with Crippen molar-refractivity contribution in [2.75, 3.05) is 31.6 Å². The number of aryl methyl sites for hydroxylation is 1. The molecule has 0 spiro atoms. The summed E-state index contributed by atoms with van der Waals surface area (Å²) in [6.07, 6.45) is 3.61. The van der Waals surface area contributed by atoms with E-state index in [1.165, 1.54) is 4.57 Å². The fourth-order valence-corrected chi connectivity index (χ4v) is 3.68. The van der Waals surface area contributed by atoms with Crippen molar-refractivity contribution in [1.82, 2.24) is 14.5 Å². The number of morpholine rings is 1. The first-order valence-electron chi connectivity index (χ1n) is 10.7. The molecule has 2 aromatic rings. The molecular weight excluding hydrogens is 395 g/mol. The molecular formula is C22H31BN4O4. The van der Waals surface area contributed by atoms with E-state index in [2.05, 4.69) is 15.2 Å². The third-order valence-electron chi connectivity index (χ3n) is 6.33. The highest BCUT2D eigenvalue weighted by molar-refractivity contribution is 6.62. The Kier molecular flexibility index (Phi) is 5.96. The molecule has 0 radical (unpaired) electrons. The fraction of sp³-hybridized carbons (Fsp3) is 0.545. The molecule has 0 saturated carbocycles. The van der Waals surface area contributed by atoms with Crippen molar-refractivity contribution in [3.05, 3.63) is 46.5 Å². The van der Waals surface area contributed by atoms with Gasteiger partial charge in [-0.1, -0.05) is 6.07 Å². The topological polar surface area (TPSA) is 77.8 Å². The summed E-state index contributed by atoms with van der Waals surface area (Å²) in [4.78, 5) is 19.5. The van der Waals surface area contributed by atoms with Crippen LogP contribution < -0.4 is 16.3 Å². The van der Waals surface area contributed by atoms with Crippen LogP contribution in [0.3, 0.4) is 0 Å². The number of aromatic nitrogens is 2. The smallest absolute Gasteiger partial charge is 0.399 e. The molecule has 1 N–H and O–H groups in total. The summed E-state index contributed by atoms with van der Waals surface area (Å²) in [5.74, 6) is 0.619. The van der Waals surface area contributed by atoms with E-state index >= 15 is 0 Å². The van der Waals surface area contributed by atoms with E-state index in [1.807, 2.05) is 46.0 Å². The van der Waals surface area contributed by atoms with Gasteiger partial charge in [-0.2, -0.15) is 0 Å². The number of ether oxygens (including phenoxy) is 1. The highest BCUT2D eigenvalue weighted by Gasteiger charge is 2.51. The van der Waals surface area contributed by atoms with E-state index in [9.17, 15) is 4.79 Å². The fourth-order valence-electron chi connectivity index (χ4n) is 3.68. The van der Waals surface area contributed by atoms with Crippen LogP contribution in [0.1, 0.15) is 33.3 Å². The molecule has 166 valence electrons. The number of hydrogen-bond donors (Lipinski definition) is 1. The van der Waals surface area contributed by atoms with Crippen LogP contribution in [0.4, 0.5) is 11.5 Å². The van der Waals surface area contributed by atoms with Crippen LogP contribution in [-0.2, 0) is 27.6 Å². The lowest BCUT2D eigenvalue weighted by atomic mass is 9.80. The Balaban J connectivity index is 1.50. The molecule has 4 rings (SSSR count). The van der Waals surface area contributed by atoms with E-state index in [-0.39, 0.29) is 5.56 Å². The second-order valence-electron chi connectivity index (χ2n) is 9.26. The van der Waals surface area contributed by atoms with Crippen molar-refractivity contribution in [3.63, 3.8) is 0 Å². The van der Waals surface area contributed by atoms with Gasteiger partial charge in [0.2, 0.25) is 0 Å². The van der Waals surface area contributed by atoms with E-state index in [4.69, 9.17) is 14.0 Å². The summed E-state index contributed by atoms with van der Waals surface area (Å²) in [6.45, 7) is 12.3. The van der Waals surface area contributed by atoms with Gasteiger partial charge in [0.1, 0.15) is 11.5 Å². The van der Waals surface area contributed by atoms with Crippen molar-refractivity contribution >= 4 is 24.1 Å². The van der Waals surface area contributed by atoms with Crippen molar-refractivity contribution in [2.24, 2.45) is 7.05 Å². The summed E-state index contributed by atoms with van der Waals surface area (Å²) in [6, 6.07) is 5.72. The highest BCUT2D eigenvalue weighted by Crippen LogP contribution is 2.36. The Hall–Kier alpha value is -2.20. The van der Waals surface area contributed by atoms with E-state index in [1.54, 1.807) is 19.3 Å². The molecule has 9 heteroatoms. The SMILES string of the molecule is Cn1cc(B2OC(C)(C)C(C)(C)O2)cc(Nc2ccc(CN3CCOCC3)cn2)c1=O. The van der Waals surface area contributed by atoms with Gasteiger partial charge in [-0.05, 0) is 45.4 Å². The predicted molar refractivity (Wildman–Crippen MR) is 121 cm³/mol. The van der Waals surface area contributed by atoms with Gasteiger partial charge in [-0.3, -0.25) is 9.69 Å². The van der Waals surface area contributed by atoms with Gasteiger partial charge in [0.15, 0.2) is 0 Å². The number of rotatable bonds is 5. The summed E-state index contributed by atoms with van der Waals surface area (Å²) >= 11 is 0. The zero-order chi connectivity index (χ0) is 22.2. The monoisotopic (exact) mass is 426 g/mol. The highest BCUT2D eigenvalue weighted by atomic mass is 16.7. The normalized spacial score (nSPS) is 20.7. The Bertz CT molecular complexity index is 968. The summed E-state index contributed by atoms with van der Waals surface area (Å²) in [5.41, 5.74) is 1.32. The molecule has 0 bridgehead atoms. The maximum atomic E-state index is 12.7. The summed E-state index contributed by atoms with van der Waals surface area (Å²) in [7, 11) is 1.18. The first-order valence-corrected chi connectivity index (χ1v) is 10.7. The number of anilines is 2. The third kappa shape index (κ3) is 4.69. The van der Waals surface area contributed by atoms with Gasteiger partial charge < -0.3 is 23.9 Å². The van der Waals surface area contributed by atoms with Gasteiger partial charge >= 0.3 is 7.12 Å². The summed E-state index contributed by atoms with van der Waals surface area (Å²) < 4.78 is 19.2. The van der Waals surface area contributed by atoms with Crippen LogP contribution >= 0.6 is 0 Å². The molecule has 2 fully saturated rings. The van der Waals surface area contributed by atoms with Gasteiger partial charge in [0, 0.05) is 44.5 Å². The van der Waals surface area contributed by atoms with Gasteiger partial charge in [0.25, 0.3) is 5.56 Å². The molecule has 2 aromatic heterocycles. The maximum Gasteiger partial charge on any atom is 0.496 e. The lowest BCUT2D eigenvalue weighted by Crippen LogP contribution is -2.41. The van der Waals surface area contributed by atoms with Gasteiger partial charge in [-0.15, -0.1) is 0 Å². The Labute approximate surface area is 183 Å². The number of pyridine rings is 2. The number of nitrogens with one attached hydrogen (secondary N) is 1. The van der Waals surface area contributed by atoms with Crippen LogP contribution in [0.2, 0.25) is 0 Å². The van der Waals surface area contributed by atoms with Gasteiger partial charge in [-0.25, -0.2) is 4.98 Å². The van der Waals surface area contributed by atoms with Crippen LogP contribution in [-0.4, -0.2) is 59.1 Å². The molecule has 0 unspecified atom stereocenters. The maximum absolute atomic E-state index is 12.7. The molecule has 2 aliphatic heterocycles. The average molecular weight is 426 g/mol. The first kappa shape index (κ1) is 22.0. The average Bonchev–Trinajstić information content (AvgIpc) is 2.95. The van der Waals surface area contributed by atoms with Crippen LogP contribution in [0.25, 0.3) is 0 Å². The molecule has 2 aliphatic rings. The molecule has 0 aromatic carbocycles. The Morgan fingerprint density at radius 1 is 1.13 bits per heavy atom. The van der Waals surface area contributed by atoms with Crippen LogP contribution in [0, 0.1) is 0 Å².